The summed E-state index contributed by atoms with van der Waals surface area (Å²) in [6, 6.07) is 7.80. The number of aryl methyl sites for hydroxylation is 1. The topological polar surface area (TPSA) is 48.1 Å². The van der Waals surface area contributed by atoms with Gasteiger partial charge < -0.3 is 14.2 Å². The number of hydrogen-bond donors (Lipinski definition) is 0. The zero-order valence-corrected chi connectivity index (χ0v) is 14.6. The van der Waals surface area contributed by atoms with Crippen LogP contribution in [0.3, 0.4) is 0 Å². The van der Waals surface area contributed by atoms with E-state index < -0.39 is 0 Å². The number of epoxide rings is 1. The first-order valence-corrected chi connectivity index (χ1v) is 8.68. The van der Waals surface area contributed by atoms with Crippen molar-refractivity contribution >= 4 is 5.78 Å². The Balaban J connectivity index is 1.69. The highest BCUT2D eigenvalue weighted by atomic mass is 16.6. The Morgan fingerprint density at radius 3 is 2.76 bits per heavy atom. The normalized spacial score (nSPS) is 25.7. The van der Waals surface area contributed by atoms with Crippen LogP contribution in [0.2, 0.25) is 0 Å². The SMILES string of the molecule is COc1cc2c(c3c1C(=O)c1cccc(C)c1C3)C[C@H](C1(C)CO1)O2. The molecule has 1 saturated heterocycles. The molecule has 0 amide bonds. The lowest BCUT2D eigenvalue weighted by Gasteiger charge is -2.24. The molecule has 0 bridgehead atoms. The molecule has 4 heteroatoms. The van der Waals surface area contributed by atoms with Crippen molar-refractivity contribution in [3.05, 3.63) is 57.6 Å². The molecular weight excluding hydrogens is 316 g/mol. The summed E-state index contributed by atoms with van der Waals surface area (Å²) in [5.74, 6) is 1.49. The van der Waals surface area contributed by atoms with Crippen molar-refractivity contribution in [1.82, 2.24) is 0 Å². The van der Waals surface area contributed by atoms with Crippen molar-refractivity contribution in [3.63, 3.8) is 0 Å². The number of carbonyl (C=O) groups is 1. The summed E-state index contributed by atoms with van der Waals surface area (Å²) in [5, 5.41) is 0. The molecule has 2 atom stereocenters. The van der Waals surface area contributed by atoms with Crippen LogP contribution in [0.25, 0.3) is 0 Å². The molecule has 2 aromatic rings. The van der Waals surface area contributed by atoms with E-state index in [9.17, 15) is 4.79 Å². The maximum absolute atomic E-state index is 13.2. The van der Waals surface area contributed by atoms with E-state index in [1.807, 2.05) is 18.2 Å². The summed E-state index contributed by atoms with van der Waals surface area (Å²) in [4.78, 5) is 13.2. The maximum Gasteiger partial charge on any atom is 0.197 e. The number of hydrogen-bond acceptors (Lipinski definition) is 4. The van der Waals surface area contributed by atoms with E-state index in [4.69, 9.17) is 14.2 Å². The Hall–Kier alpha value is -2.33. The van der Waals surface area contributed by atoms with Crippen molar-refractivity contribution < 1.29 is 19.0 Å². The fourth-order valence-corrected chi connectivity index (χ4v) is 4.14. The molecule has 1 unspecified atom stereocenters. The first-order valence-electron chi connectivity index (χ1n) is 8.68. The Bertz CT molecular complexity index is 924. The highest BCUT2D eigenvalue weighted by Gasteiger charge is 2.52. The molecule has 0 saturated carbocycles. The molecule has 2 aromatic carbocycles. The largest absolute Gasteiger partial charge is 0.496 e. The molecule has 1 fully saturated rings. The van der Waals surface area contributed by atoms with Gasteiger partial charge in [-0.2, -0.15) is 0 Å². The van der Waals surface area contributed by atoms with Gasteiger partial charge in [-0.15, -0.1) is 0 Å². The van der Waals surface area contributed by atoms with Crippen LogP contribution in [-0.4, -0.2) is 31.2 Å². The molecule has 3 aliphatic rings. The summed E-state index contributed by atoms with van der Waals surface area (Å²) in [6.45, 7) is 4.87. The third-order valence-corrected chi connectivity index (χ3v) is 5.87. The van der Waals surface area contributed by atoms with E-state index in [1.54, 1.807) is 7.11 Å². The first-order chi connectivity index (χ1) is 12.0. The second-order valence-electron chi connectivity index (χ2n) is 7.43. The van der Waals surface area contributed by atoms with E-state index in [-0.39, 0.29) is 17.5 Å². The lowest BCUT2D eigenvalue weighted by Crippen LogP contribution is -2.30. The summed E-state index contributed by atoms with van der Waals surface area (Å²) in [6.07, 6.45) is 1.54. The number of ether oxygens (including phenoxy) is 3. The quantitative estimate of drug-likeness (QED) is 0.674. The van der Waals surface area contributed by atoms with Gasteiger partial charge in [0.25, 0.3) is 0 Å². The van der Waals surface area contributed by atoms with Gasteiger partial charge >= 0.3 is 0 Å². The number of benzene rings is 2. The molecule has 0 aromatic heterocycles. The molecule has 0 spiro atoms. The van der Waals surface area contributed by atoms with Gasteiger partial charge in [0, 0.05) is 23.6 Å². The third kappa shape index (κ3) is 2.00. The molecule has 0 radical (unpaired) electrons. The molecule has 0 N–H and O–H groups in total. The number of methoxy groups -OCH3 is 1. The van der Waals surface area contributed by atoms with Gasteiger partial charge in [-0.3, -0.25) is 4.79 Å². The summed E-state index contributed by atoms with van der Waals surface area (Å²) in [7, 11) is 1.61. The second-order valence-corrected chi connectivity index (χ2v) is 7.43. The molecule has 25 heavy (non-hydrogen) atoms. The number of carbonyl (C=O) groups excluding carboxylic acids is 1. The van der Waals surface area contributed by atoms with E-state index >= 15 is 0 Å². The van der Waals surface area contributed by atoms with Crippen molar-refractivity contribution in [2.45, 2.75) is 38.4 Å². The van der Waals surface area contributed by atoms with Crippen LogP contribution >= 0.6 is 0 Å². The number of rotatable bonds is 2. The first kappa shape index (κ1) is 15.0. The highest BCUT2D eigenvalue weighted by molar-refractivity contribution is 6.14. The van der Waals surface area contributed by atoms with Crippen LogP contribution in [0.15, 0.2) is 24.3 Å². The predicted molar refractivity (Wildman–Crippen MR) is 92.9 cm³/mol. The molecule has 2 aliphatic heterocycles. The van der Waals surface area contributed by atoms with Crippen LogP contribution in [0.4, 0.5) is 0 Å². The number of fused-ring (bicyclic) bond motifs is 4. The van der Waals surface area contributed by atoms with Gasteiger partial charge in [0.15, 0.2) is 5.78 Å². The Kier molecular flexibility index (Phi) is 2.91. The fraction of sp³-hybridized carbons (Fsp3) is 0.381. The predicted octanol–water partition coefficient (Wildman–Crippen LogP) is 3.23. The van der Waals surface area contributed by atoms with Gasteiger partial charge in [-0.25, -0.2) is 0 Å². The lowest BCUT2D eigenvalue weighted by molar-refractivity contribution is 0.103. The number of ketones is 1. The summed E-state index contributed by atoms with van der Waals surface area (Å²) >= 11 is 0. The van der Waals surface area contributed by atoms with Crippen molar-refractivity contribution in [2.75, 3.05) is 13.7 Å². The third-order valence-electron chi connectivity index (χ3n) is 5.87. The monoisotopic (exact) mass is 336 g/mol. The minimum atomic E-state index is -0.203. The van der Waals surface area contributed by atoms with E-state index in [0.717, 1.165) is 53.0 Å². The van der Waals surface area contributed by atoms with E-state index in [0.29, 0.717) is 11.3 Å². The second kappa shape index (κ2) is 4.85. The lowest BCUT2D eigenvalue weighted by atomic mass is 9.79. The van der Waals surface area contributed by atoms with Gasteiger partial charge in [0.05, 0.1) is 19.3 Å². The van der Waals surface area contributed by atoms with E-state index in [1.165, 1.54) is 0 Å². The standard InChI is InChI=1S/C21H20O4/c1-11-5-4-6-12-13(11)7-15-14-8-18(21(2)10-24-21)25-16(14)9-17(23-3)19(15)20(12)22/h4-6,9,18H,7-8,10H2,1-3H3/t18-,21?/m1/s1. The zero-order chi connectivity index (χ0) is 17.3. The van der Waals surface area contributed by atoms with Crippen LogP contribution in [0.5, 0.6) is 11.5 Å². The maximum atomic E-state index is 13.2. The molecular formula is C21H20O4. The Labute approximate surface area is 146 Å². The minimum absolute atomic E-state index is 0.00655. The molecule has 128 valence electrons. The van der Waals surface area contributed by atoms with Crippen molar-refractivity contribution in [1.29, 1.82) is 0 Å². The average Bonchev–Trinajstić information content (AvgIpc) is 3.20. The molecule has 1 aliphatic carbocycles. The van der Waals surface area contributed by atoms with E-state index in [2.05, 4.69) is 19.9 Å². The highest BCUT2D eigenvalue weighted by Crippen LogP contribution is 2.47. The van der Waals surface area contributed by atoms with Crippen LogP contribution in [0, 0.1) is 6.92 Å². The smallest absolute Gasteiger partial charge is 0.197 e. The summed E-state index contributed by atoms with van der Waals surface area (Å²) in [5.41, 5.74) is 5.76. The van der Waals surface area contributed by atoms with Crippen LogP contribution in [0.1, 0.15) is 45.1 Å². The molecule has 2 heterocycles. The van der Waals surface area contributed by atoms with Gasteiger partial charge in [0.1, 0.15) is 23.2 Å². The van der Waals surface area contributed by atoms with Gasteiger partial charge in [0.2, 0.25) is 0 Å². The summed E-state index contributed by atoms with van der Waals surface area (Å²) < 4.78 is 17.3. The minimum Gasteiger partial charge on any atom is -0.496 e. The zero-order valence-electron chi connectivity index (χ0n) is 14.6. The fourth-order valence-electron chi connectivity index (χ4n) is 4.14. The van der Waals surface area contributed by atoms with Gasteiger partial charge in [-0.05, 0) is 37.0 Å². The van der Waals surface area contributed by atoms with Crippen molar-refractivity contribution in [2.24, 2.45) is 0 Å². The van der Waals surface area contributed by atoms with Crippen LogP contribution in [-0.2, 0) is 17.6 Å². The van der Waals surface area contributed by atoms with Gasteiger partial charge in [-0.1, -0.05) is 18.2 Å². The molecule has 5 rings (SSSR count). The van der Waals surface area contributed by atoms with Crippen LogP contribution < -0.4 is 9.47 Å². The Morgan fingerprint density at radius 1 is 1.24 bits per heavy atom. The average molecular weight is 336 g/mol. The van der Waals surface area contributed by atoms with Crippen molar-refractivity contribution in [3.8, 4) is 11.5 Å². The molecule has 4 nitrogen and oxygen atoms in total. The Morgan fingerprint density at radius 2 is 2.04 bits per heavy atom.